The Kier molecular flexibility index (Phi) is 119. The van der Waals surface area contributed by atoms with Gasteiger partial charge in [-0.1, -0.05) is 196 Å². The van der Waals surface area contributed by atoms with Crippen molar-refractivity contribution >= 4 is 165 Å². The summed E-state index contributed by atoms with van der Waals surface area (Å²) in [5.41, 5.74) is 9.71. The zero-order chi connectivity index (χ0) is 96.9. The Morgan fingerprint density at radius 3 is 1.04 bits per heavy atom. The van der Waals surface area contributed by atoms with Crippen LogP contribution in [0.3, 0.4) is 0 Å². The third-order valence-corrected chi connectivity index (χ3v) is 30.9. The van der Waals surface area contributed by atoms with Crippen LogP contribution in [0.25, 0.3) is 0 Å². The van der Waals surface area contributed by atoms with Crippen molar-refractivity contribution < 1.29 is 58.0 Å². The Labute approximate surface area is 808 Å². The molecule has 10 N–H and O–H groups in total. The third-order valence-electron chi connectivity index (χ3n) is 17.4. The molecule has 1 fully saturated rings. The number of thioether (sulfide) groups is 10. The lowest BCUT2D eigenvalue weighted by Crippen LogP contribution is -2.43. The highest BCUT2D eigenvalue weighted by atomic mass is 32.2. The largest absolute Gasteiger partial charge is 0.481 e. The van der Waals surface area contributed by atoms with Gasteiger partial charge in [-0.15, -0.1) is 0 Å². The number of hydrogen-bond donors (Lipinski definition) is 8. The Morgan fingerprint density at radius 2 is 0.726 bits per heavy atom. The maximum atomic E-state index is 12.0. The minimum absolute atomic E-state index is 0.0249. The number of nitrogens with one attached hydrogen (secondary N) is 4. The van der Waals surface area contributed by atoms with Gasteiger partial charge in [0.15, 0.2) is 0 Å². The van der Waals surface area contributed by atoms with E-state index in [0.717, 1.165) is 95.2 Å². The average Bonchev–Trinajstić information content (AvgIpc) is 0.895. The minimum Gasteiger partial charge on any atom is -0.481 e. The Balaban J connectivity index is -0.000000170. The first kappa shape index (κ1) is 141. The topological polar surface area (TPSA) is 299 Å². The fourth-order valence-corrected chi connectivity index (χ4v) is 20.1. The molecule has 0 bridgehead atoms. The quantitative estimate of drug-likeness (QED) is 0.0207. The first-order valence-electron chi connectivity index (χ1n) is 47.3. The first-order valence-corrected chi connectivity index (χ1v) is 58.8. The highest BCUT2D eigenvalue weighted by Crippen LogP contribution is 2.24. The van der Waals surface area contributed by atoms with Gasteiger partial charge in [0, 0.05) is 126 Å². The van der Waals surface area contributed by atoms with Crippen LogP contribution >= 0.6 is 118 Å². The van der Waals surface area contributed by atoms with E-state index in [0.29, 0.717) is 43.7 Å². The van der Waals surface area contributed by atoms with E-state index in [1.807, 2.05) is 194 Å². The second kappa shape index (κ2) is 104. The number of aliphatic hydroxyl groups is 1. The zero-order valence-electron chi connectivity index (χ0n) is 85.0. The number of carbonyl (C=O) groups excluding carboxylic acids is 7. The van der Waals surface area contributed by atoms with Crippen LogP contribution in [0.5, 0.6) is 0 Å². The van der Waals surface area contributed by atoms with E-state index in [9.17, 15) is 38.4 Å². The van der Waals surface area contributed by atoms with Crippen molar-refractivity contribution in [1.29, 1.82) is 0 Å². The number of ether oxygens (including phenoxy) is 2. The number of aliphatic carboxylic acids is 1. The minimum atomic E-state index is -0.686. The van der Waals surface area contributed by atoms with Gasteiger partial charge < -0.3 is 52.0 Å². The van der Waals surface area contributed by atoms with Crippen LogP contribution in [-0.4, -0.2) is 247 Å². The second-order valence-corrected chi connectivity index (χ2v) is 45.3. The van der Waals surface area contributed by atoms with Crippen LogP contribution in [-0.2, 0) is 47.8 Å². The van der Waals surface area contributed by atoms with Crippen LogP contribution in [0.2, 0.25) is 0 Å². The van der Waals surface area contributed by atoms with Crippen LogP contribution in [0, 0.1) is 40.4 Å². The number of unbranched alkanes of at least 4 members (excludes halogenated alkanes) is 10. The van der Waals surface area contributed by atoms with Crippen molar-refractivity contribution in [3.8, 4) is 0 Å². The number of ketones is 1. The van der Waals surface area contributed by atoms with Crippen molar-refractivity contribution in [3.05, 3.63) is 0 Å². The summed E-state index contributed by atoms with van der Waals surface area (Å²) in [5.74, 6) is 21.5. The Bertz CT molecular complexity index is 2290. The van der Waals surface area contributed by atoms with Crippen molar-refractivity contribution in [2.24, 2.45) is 51.9 Å². The van der Waals surface area contributed by atoms with Gasteiger partial charge in [0.25, 0.3) is 0 Å². The monoisotopic (exact) mass is 1950 g/mol. The molecular formula is C95H199N7O12S10. The number of carboxylic acids is 1. The fraction of sp³-hybridized carbons (Fsp3) is 0.916. The highest BCUT2D eigenvalue weighted by molar-refractivity contribution is 8.01. The molecule has 8 atom stereocenters. The number of hydrogen-bond acceptors (Lipinski definition) is 22. The van der Waals surface area contributed by atoms with E-state index in [-0.39, 0.29) is 81.7 Å². The molecule has 1 rings (SSSR count). The van der Waals surface area contributed by atoms with Gasteiger partial charge >= 0.3 is 5.97 Å². The number of aliphatic hydroxyl groups excluding tert-OH is 1. The average molecular weight is 1950 g/mol. The lowest BCUT2D eigenvalue weighted by molar-refractivity contribution is -0.140. The van der Waals surface area contributed by atoms with Gasteiger partial charge in [0.1, 0.15) is 5.78 Å². The molecule has 0 aromatic rings. The predicted octanol–water partition coefficient (Wildman–Crippen LogP) is 22.9. The number of nitrogens with two attached hydrogens (primary N) is 2. The maximum absolute atomic E-state index is 12.0. The van der Waals surface area contributed by atoms with Crippen LogP contribution in [0.1, 0.15) is 329 Å². The molecule has 1 aliphatic heterocycles. The Hall–Kier alpha value is -0.700. The molecule has 8 unspecified atom stereocenters. The summed E-state index contributed by atoms with van der Waals surface area (Å²) in [6.07, 6.45) is 24.8. The molecule has 0 aromatic heterocycles. The molecule has 0 aliphatic carbocycles. The third kappa shape index (κ3) is 117. The molecule has 1 heterocycles. The van der Waals surface area contributed by atoms with Gasteiger partial charge in [-0.2, -0.15) is 118 Å². The molecule has 124 heavy (non-hydrogen) atoms. The number of morpholine rings is 1. The van der Waals surface area contributed by atoms with Crippen molar-refractivity contribution in [1.82, 2.24) is 26.2 Å². The van der Waals surface area contributed by atoms with Gasteiger partial charge in [-0.3, -0.25) is 43.7 Å². The Morgan fingerprint density at radius 1 is 0.411 bits per heavy atom. The summed E-state index contributed by atoms with van der Waals surface area (Å²) in [6, 6.07) is 0.846. The standard InChI is InChI=1S/C12H23NO2S.C12H27NOS.C11H23NOS.C10H21NOS.2C9H19NOS.C9H18OS.C8H17NOS.C8H16O2S.C7H16OS/c1-3-4-9-16-10-11(2)12(14)13-5-7-15-8-6-13;1-6-7-8-15-9-11(2)13-10-14-12(3,4)5;1-5-7-8-14-9-11(3,4)10(13)12-6-2;1-4-6-7-13-8-9(3)10(12)11-5-2;1-4-5-6-12-7-9(2,3)8(10)11;1-4-5-6-12-7-8(2)10-9(3)11;1-4-5-6-11-7-8(2)9(3)10;2*1-3-4-5-11-6-7(2)8(9)10;1-3-4-5-9-6-7(2)8/h11H,3-10H2,1-2H3;11,13H,6-10H2,1-5H3;5-9H2,1-4H3,(H,12,13);9H,4-8H2,1-3H3,(H,11,12);4-7H2,1-3H3,(H2,10,11);8H,4-7H2,1-3H3,(H,10,11);8H,4-7H2,1-3H3;7H,3-6H2,1-2H3,(H2,9,10);7H,3-6H2,1-2H3,(H,9,10);7-8H,3-6H2,1-2H3. The number of carbonyl (C=O) groups is 8. The van der Waals surface area contributed by atoms with Gasteiger partial charge in [0.2, 0.25) is 35.4 Å². The first-order chi connectivity index (χ1) is 58.4. The molecule has 19 nitrogen and oxygen atoms in total. The van der Waals surface area contributed by atoms with E-state index in [2.05, 4.69) is 118 Å². The molecule has 0 aromatic carbocycles. The van der Waals surface area contributed by atoms with Gasteiger partial charge in [-0.05, 0) is 184 Å². The molecule has 0 spiro atoms. The van der Waals surface area contributed by atoms with E-state index in [1.165, 1.54) is 174 Å². The smallest absolute Gasteiger partial charge is 0.307 e. The molecule has 29 heteroatoms. The summed E-state index contributed by atoms with van der Waals surface area (Å²) in [4.78, 5) is 90.1. The normalized spacial score (nSPS) is 13.5. The van der Waals surface area contributed by atoms with Crippen LogP contribution < -0.4 is 32.7 Å². The van der Waals surface area contributed by atoms with E-state index in [1.54, 1.807) is 32.5 Å². The summed E-state index contributed by atoms with van der Waals surface area (Å²) < 4.78 is 10.9. The van der Waals surface area contributed by atoms with Crippen molar-refractivity contribution in [2.75, 3.05) is 161 Å². The number of primary amides is 2. The number of rotatable bonds is 63. The molecule has 1 aliphatic rings. The summed E-state index contributed by atoms with van der Waals surface area (Å²) in [6.45, 7) is 63.8. The zero-order valence-corrected chi connectivity index (χ0v) is 93.2. The van der Waals surface area contributed by atoms with Gasteiger partial charge in [0.05, 0.1) is 48.4 Å². The summed E-state index contributed by atoms with van der Waals surface area (Å²) in [5, 5.41) is 29.3. The number of nitrogens with zero attached hydrogens (tertiary/aromatic N) is 1. The SMILES string of the molecule is CCCCSCC(C)(C)C(=O)NCC.CCCCSCC(C)(C)C(N)=O.CCCCSCC(C)C(=O)N1CCOCC1.CCCCSCC(C)C(=O)NCC.CCCCSCC(C)C(=O)O.CCCCSCC(C)C(C)=O.CCCCSCC(C)C(N)=O.CCCCSCC(C)NC(C)=O.CCCCSCC(C)NCOC(C)(C)C.CCCCSCC(C)O. The molecule has 1 saturated heterocycles. The second-order valence-electron chi connectivity index (χ2n) is 33.9. The molecular weight excluding hydrogens is 1750 g/mol. The van der Waals surface area contributed by atoms with E-state index >= 15 is 0 Å². The molecule has 746 valence electrons. The fourth-order valence-electron chi connectivity index (χ4n) is 8.44. The number of Topliss-reactive ketones (excluding diaryl/α,β-unsaturated/α-hetero) is 1. The lowest BCUT2D eigenvalue weighted by atomic mass is 9.95. The number of carboxylic acid groups (broad SMARTS) is 1. The van der Waals surface area contributed by atoms with E-state index < -0.39 is 5.97 Å². The summed E-state index contributed by atoms with van der Waals surface area (Å²) >= 11 is 18.7. The number of amides is 6. The summed E-state index contributed by atoms with van der Waals surface area (Å²) in [7, 11) is 0. The van der Waals surface area contributed by atoms with Crippen molar-refractivity contribution in [3.63, 3.8) is 0 Å². The van der Waals surface area contributed by atoms with Gasteiger partial charge in [-0.25, -0.2) is 0 Å². The van der Waals surface area contributed by atoms with Crippen LogP contribution in [0.4, 0.5) is 0 Å². The van der Waals surface area contributed by atoms with E-state index in [4.69, 9.17) is 31.2 Å². The van der Waals surface area contributed by atoms with Crippen molar-refractivity contribution in [2.45, 2.75) is 353 Å². The maximum Gasteiger partial charge on any atom is 0.307 e. The molecule has 0 radical (unpaired) electrons. The molecule has 6 amide bonds. The highest BCUT2D eigenvalue weighted by Gasteiger charge is 2.27. The van der Waals surface area contributed by atoms with Crippen LogP contribution in [0.15, 0.2) is 0 Å². The predicted molar refractivity (Wildman–Crippen MR) is 570 cm³/mol. The lowest BCUT2D eigenvalue weighted by Gasteiger charge is -2.29. The molecule has 0 saturated carbocycles.